The Hall–Kier alpha value is -1.41. The van der Waals surface area contributed by atoms with Crippen LogP contribution in [0, 0.1) is 19.8 Å². The van der Waals surface area contributed by atoms with Crippen molar-refractivity contribution in [3.8, 4) is 0 Å². The van der Waals surface area contributed by atoms with E-state index in [2.05, 4.69) is 5.32 Å². The fraction of sp³-hybridized carbons (Fsp3) is 0.389. The molecule has 1 aromatic carbocycles. The van der Waals surface area contributed by atoms with Crippen LogP contribution in [-0.4, -0.2) is 31.7 Å². The van der Waals surface area contributed by atoms with Crippen molar-refractivity contribution in [1.82, 2.24) is 4.31 Å². The zero-order chi connectivity index (χ0) is 18.9. The fourth-order valence-corrected chi connectivity index (χ4v) is 6.25. The number of carbonyl (C=O) groups is 1. The van der Waals surface area contributed by atoms with Gasteiger partial charge in [0.1, 0.15) is 4.21 Å². The van der Waals surface area contributed by atoms with E-state index >= 15 is 0 Å². The van der Waals surface area contributed by atoms with Crippen molar-refractivity contribution in [3.63, 3.8) is 0 Å². The lowest BCUT2D eigenvalue weighted by Crippen LogP contribution is -2.43. The van der Waals surface area contributed by atoms with Gasteiger partial charge in [0.05, 0.1) is 16.6 Å². The number of hydrogen-bond donors (Lipinski definition) is 1. The molecule has 5 nitrogen and oxygen atoms in total. The molecule has 0 saturated carbocycles. The molecule has 26 heavy (non-hydrogen) atoms. The average Bonchev–Trinajstić information content (AvgIpc) is 3.05. The Morgan fingerprint density at radius 3 is 2.69 bits per heavy atom. The first-order valence-electron chi connectivity index (χ1n) is 8.41. The first kappa shape index (κ1) is 19.4. The molecule has 1 atom stereocenters. The van der Waals surface area contributed by atoms with E-state index in [0.717, 1.165) is 10.4 Å². The monoisotopic (exact) mass is 412 g/mol. The Labute approximate surface area is 163 Å². The van der Waals surface area contributed by atoms with Crippen molar-refractivity contribution >= 4 is 44.6 Å². The minimum Gasteiger partial charge on any atom is -0.324 e. The van der Waals surface area contributed by atoms with Gasteiger partial charge in [-0.15, -0.1) is 11.3 Å². The van der Waals surface area contributed by atoms with Crippen molar-refractivity contribution in [2.75, 3.05) is 18.4 Å². The van der Waals surface area contributed by atoms with Crippen LogP contribution < -0.4 is 5.32 Å². The Bertz CT molecular complexity index is 924. The molecule has 1 aromatic heterocycles. The second kappa shape index (κ2) is 7.68. The van der Waals surface area contributed by atoms with Crippen LogP contribution >= 0.6 is 22.9 Å². The van der Waals surface area contributed by atoms with Crippen molar-refractivity contribution in [1.29, 1.82) is 0 Å². The zero-order valence-electron chi connectivity index (χ0n) is 14.7. The van der Waals surface area contributed by atoms with Crippen LogP contribution in [0.15, 0.2) is 34.5 Å². The van der Waals surface area contributed by atoms with E-state index in [1.54, 1.807) is 24.3 Å². The number of thiophene rings is 1. The SMILES string of the molecule is Cc1ccc(NC(=O)C2CCCN(S(=O)(=O)c3ccc(C)s3)C2)c(Cl)c1. The topological polar surface area (TPSA) is 66.5 Å². The van der Waals surface area contributed by atoms with E-state index in [4.69, 9.17) is 11.6 Å². The Morgan fingerprint density at radius 1 is 1.27 bits per heavy atom. The molecule has 2 heterocycles. The predicted octanol–water partition coefficient (Wildman–Crippen LogP) is 4.06. The number of halogens is 1. The summed E-state index contributed by atoms with van der Waals surface area (Å²) in [7, 11) is -3.55. The van der Waals surface area contributed by atoms with E-state index in [1.807, 2.05) is 19.9 Å². The number of carbonyl (C=O) groups excluding carboxylic acids is 1. The lowest BCUT2D eigenvalue weighted by atomic mass is 9.98. The third kappa shape index (κ3) is 4.11. The van der Waals surface area contributed by atoms with Gasteiger partial charge in [0.15, 0.2) is 0 Å². The van der Waals surface area contributed by atoms with Gasteiger partial charge in [-0.3, -0.25) is 4.79 Å². The van der Waals surface area contributed by atoms with Gasteiger partial charge in [0.25, 0.3) is 10.0 Å². The molecular formula is C18H21ClN2O3S2. The van der Waals surface area contributed by atoms with Crippen molar-refractivity contribution in [3.05, 3.63) is 45.8 Å². The van der Waals surface area contributed by atoms with E-state index in [0.29, 0.717) is 34.3 Å². The quantitative estimate of drug-likeness (QED) is 0.823. The molecule has 1 aliphatic rings. The molecule has 0 bridgehead atoms. The summed E-state index contributed by atoms with van der Waals surface area (Å²) < 4.78 is 27.4. The molecule has 1 saturated heterocycles. The molecule has 0 radical (unpaired) electrons. The summed E-state index contributed by atoms with van der Waals surface area (Å²) in [5.74, 6) is -0.588. The van der Waals surface area contributed by atoms with E-state index in [-0.39, 0.29) is 12.5 Å². The number of benzene rings is 1. The lowest BCUT2D eigenvalue weighted by Gasteiger charge is -2.30. The summed E-state index contributed by atoms with van der Waals surface area (Å²) in [6, 6.07) is 8.85. The first-order chi connectivity index (χ1) is 12.3. The summed E-state index contributed by atoms with van der Waals surface area (Å²) in [4.78, 5) is 13.6. The standard InChI is InChI=1S/C18H21ClN2O3S2/c1-12-5-7-16(15(19)10-12)20-18(22)14-4-3-9-21(11-14)26(23,24)17-8-6-13(2)25-17/h5-8,10,14H,3-4,9,11H2,1-2H3,(H,20,22). The highest BCUT2D eigenvalue weighted by atomic mass is 35.5. The van der Waals surface area contributed by atoms with Crippen LogP contribution in [0.3, 0.4) is 0 Å². The molecular weight excluding hydrogens is 392 g/mol. The fourth-order valence-electron chi connectivity index (χ4n) is 3.01. The maximum absolute atomic E-state index is 12.8. The summed E-state index contributed by atoms with van der Waals surface area (Å²) in [6.45, 7) is 4.43. The highest BCUT2D eigenvalue weighted by Crippen LogP contribution is 2.29. The van der Waals surface area contributed by atoms with Crippen LogP contribution in [0.5, 0.6) is 0 Å². The smallest absolute Gasteiger partial charge is 0.252 e. The van der Waals surface area contributed by atoms with Crippen LogP contribution in [-0.2, 0) is 14.8 Å². The second-order valence-electron chi connectivity index (χ2n) is 6.54. The maximum atomic E-state index is 12.8. The third-order valence-electron chi connectivity index (χ3n) is 4.45. The van der Waals surface area contributed by atoms with Gasteiger partial charge in [0.2, 0.25) is 5.91 Å². The third-order valence-corrected chi connectivity index (χ3v) is 8.09. The van der Waals surface area contributed by atoms with E-state index < -0.39 is 15.9 Å². The van der Waals surface area contributed by atoms with Crippen molar-refractivity contribution in [2.24, 2.45) is 5.92 Å². The summed E-state index contributed by atoms with van der Waals surface area (Å²) >= 11 is 7.43. The van der Waals surface area contributed by atoms with E-state index in [9.17, 15) is 13.2 Å². The van der Waals surface area contributed by atoms with Gasteiger partial charge in [0, 0.05) is 18.0 Å². The van der Waals surface area contributed by atoms with Crippen molar-refractivity contribution in [2.45, 2.75) is 30.9 Å². The van der Waals surface area contributed by atoms with Gasteiger partial charge in [-0.05, 0) is 56.5 Å². The molecule has 3 rings (SSSR count). The molecule has 0 spiro atoms. The molecule has 1 amide bonds. The number of anilines is 1. The van der Waals surface area contributed by atoms with Crippen LogP contribution in [0.2, 0.25) is 5.02 Å². The highest BCUT2D eigenvalue weighted by molar-refractivity contribution is 7.91. The normalized spacial score (nSPS) is 18.7. The number of piperidine rings is 1. The summed E-state index contributed by atoms with van der Waals surface area (Å²) in [5.41, 5.74) is 1.56. The van der Waals surface area contributed by atoms with Gasteiger partial charge in [-0.1, -0.05) is 17.7 Å². The van der Waals surface area contributed by atoms with Gasteiger partial charge in [-0.2, -0.15) is 4.31 Å². The summed E-state index contributed by atoms with van der Waals surface area (Å²) in [5, 5.41) is 3.31. The number of nitrogens with one attached hydrogen (secondary N) is 1. The van der Waals surface area contributed by atoms with Crippen LogP contribution in [0.25, 0.3) is 0 Å². The maximum Gasteiger partial charge on any atom is 0.252 e. The number of aryl methyl sites for hydroxylation is 2. The molecule has 0 aliphatic carbocycles. The molecule has 8 heteroatoms. The first-order valence-corrected chi connectivity index (χ1v) is 11.0. The molecule has 1 unspecified atom stereocenters. The number of nitrogens with zero attached hydrogens (tertiary/aromatic N) is 1. The number of sulfonamides is 1. The highest BCUT2D eigenvalue weighted by Gasteiger charge is 2.34. The molecule has 140 valence electrons. The van der Waals surface area contributed by atoms with Gasteiger partial charge >= 0.3 is 0 Å². The zero-order valence-corrected chi connectivity index (χ0v) is 17.0. The summed E-state index contributed by atoms with van der Waals surface area (Å²) in [6.07, 6.45) is 1.31. The van der Waals surface area contributed by atoms with Gasteiger partial charge in [-0.25, -0.2) is 8.42 Å². The average molecular weight is 413 g/mol. The minimum absolute atomic E-state index is 0.189. The second-order valence-corrected chi connectivity index (χ2v) is 10.4. The molecule has 1 fully saturated rings. The Balaban J connectivity index is 1.72. The van der Waals surface area contributed by atoms with Gasteiger partial charge < -0.3 is 5.32 Å². The predicted molar refractivity (Wildman–Crippen MR) is 105 cm³/mol. The number of hydrogen-bond acceptors (Lipinski definition) is 4. The molecule has 2 aromatic rings. The largest absolute Gasteiger partial charge is 0.324 e. The van der Waals surface area contributed by atoms with Crippen LogP contribution in [0.4, 0.5) is 5.69 Å². The molecule has 1 N–H and O–H groups in total. The van der Waals surface area contributed by atoms with Crippen molar-refractivity contribution < 1.29 is 13.2 Å². The Kier molecular flexibility index (Phi) is 5.72. The number of amides is 1. The number of rotatable bonds is 4. The van der Waals surface area contributed by atoms with E-state index in [1.165, 1.54) is 15.6 Å². The molecule has 1 aliphatic heterocycles. The van der Waals surface area contributed by atoms with Crippen LogP contribution in [0.1, 0.15) is 23.3 Å². The Morgan fingerprint density at radius 2 is 2.04 bits per heavy atom. The lowest BCUT2D eigenvalue weighted by molar-refractivity contribution is -0.120. The minimum atomic E-state index is -3.55.